The summed E-state index contributed by atoms with van der Waals surface area (Å²) in [5.41, 5.74) is 0. The highest BCUT2D eigenvalue weighted by atomic mass is 16.6. The highest BCUT2D eigenvalue weighted by Gasteiger charge is 2.19. The number of carbonyl (C=O) groups is 3. The number of unbranched alkanes of at least 4 members (excludes halogenated alkanes) is 19. The Morgan fingerprint density at radius 1 is 0.328 bits per heavy atom. The zero-order chi connectivity index (χ0) is 46.5. The largest absolute Gasteiger partial charge is 0.462 e. The van der Waals surface area contributed by atoms with Gasteiger partial charge in [0.25, 0.3) is 0 Å². The number of esters is 3. The quantitative estimate of drug-likeness (QED) is 0.0262. The summed E-state index contributed by atoms with van der Waals surface area (Å²) in [7, 11) is 0. The van der Waals surface area contributed by atoms with E-state index in [1.165, 1.54) is 70.6 Å². The summed E-state index contributed by atoms with van der Waals surface area (Å²) in [4.78, 5) is 38.0. The molecule has 0 rings (SSSR count). The molecule has 6 nitrogen and oxygen atoms in total. The molecule has 0 heterocycles. The summed E-state index contributed by atoms with van der Waals surface area (Å²) in [5.74, 6) is -0.982. The van der Waals surface area contributed by atoms with E-state index >= 15 is 0 Å². The van der Waals surface area contributed by atoms with E-state index in [1.807, 2.05) is 0 Å². The molecule has 0 aromatic rings. The zero-order valence-electron chi connectivity index (χ0n) is 41.5. The molecular weight excluding hydrogens is 793 g/mol. The summed E-state index contributed by atoms with van der Waals surface area (Å²) < 4.78 is 16.7. The van der Waals surface area contributed by atoms with E-state index in [1.54, 1.807) is 0 Å². The Balaban J connectivity index is 4.51. The third-order valence-corrected chi connectivity index (χ3v) is 10.8. The van der Waals surface area contributed by atoms with Crippen LogP contribution in [0.3, 0.4) is 0 Å². The summed E-state index contributed by atoms with van der Waals surface area (Å²) in [6, 6.07) is 0. The highest BCUT2D eigenvalue weighted by molar-refractivity contribution is 5.71. The summed E-state index contributed by atoms with van der Waals surface area (Å²) in [5, 5.41) is 0. The molecule has 0 N–H and O–H groups in total. The Morgan fingerprint density at radius 3 is 1.03 bits per heavy atom. The van der Waals surface area contributed by atoms with Gasteiger partial charge in [-0.3, -0.25) is 14.4 Å². The van der Waals surface area contributed by atoms with Gasteiger partial charge in [-0.25, -0.2) is 0 Å². The van der Waals surface area contributed by atoms with Crippen molar-refractivity contribution in [2.45, 2.75) is 239 Å². The van der Waals surface area contributed by atoms with Crippen LogP contribution in [0.1, 0.15) is 233 Å². The maximum Gasteiger partial charge on any atom is 0.306 e. The molecule has 0 bridgehead atoms. The lowest BCUT2D eigenvalue weighted by atomic mass is 10.1. The lowest BCUT2D eigenvalue weighted by Crippen LogP contribution is -2.30. The molecule has 364 valence electrons. The highest BCUT2D eigenvalue weighted by Crippen LogP contribution is 2.12. The molecule has 0 aliphatic carbocycles. The van der Waals surface area contributed by atoms with Gasteiger partial charge in [-0.1, -0.05) is 189 Å². The minimum absolute atomic E-state index is 0.107. The van der Waals surface area contributed by atoms with Crippen LogP contribution in [0, 0.1) is 0 Å². The van der Waals surface area contributed by atoms with Crippen LogP contribution in [0.25, 0.3) is 0 Å². The zero-order valence-corrected chi connectivity index (χ0v) is 41.5. The van der Waals surface area contributed by atoms with E-state index in [9.17, 15) is 14.4 Å². The first-order chi connectivity index (χ1) is 31.5. The molecule has 0 unspecified atom stereocenters. The predicted octanol–water partition coefficient (Wildman–Crippen LogP) is 17.4. The van der Waals surface area contributed by atoms with Crippen LogP contribution in [0.15, 0.2) is 97.2 Å². The van der Waals surface area contributed by atoms with Crippen molar-refractivity contribution in [3.63, 3.8) is 0 Å². The first-order valence-corrected chi connectivity index (χ1v) is 26.2. The van der Waals surface area contributed by atoms with Gasteiger partial charge in [-0.05, 0) is 122 Å². The van der Waals surface area contributed by atoms with Crippen molar-refractivity contribution in [3.05, 3.63) is 97.2 Å². The van der Waals surface area contributed by atoms with Crippen LogP contribution in [-0.2, 0) is 28.6 Å². The SMILES string of the molecule is CC/C=C\C/C=C\C/C=C\C/C=C\CCCCC(=O)O[C@@H](COC(=O)CCCCCC/C=C\C/C=C\C/C=C\CCCCC)COC(=O)CCCCCCC/C=C\CCCCCCC. The normalized spacial score (nSPS) is 12.9. The van der Waals surface area contributed by atoms with Crippen LogP contribution in [0.5, 0.6) is 0 Å². The first kappa shape index (κ1) is 60.3. The lowest BCUT2D eigenvalue weighted by molar-refractivity contribution is -0.167. The van der Waals surface area contributed by atoms with Gasteiger partial charge < -0.3 is 14.2 Å². The van der Waals surface area contributed by atoms with Gasteiger partial charge >= 0.3 is 17.9 Å². The average Bonchev–Trinajstić information content (AvgIpc) is 3.29. The molecule has 0 saturated carbocycles. The predicted molar refractivity (Wildman–Crippen MR) is 274 cm³/mol. The molecule has 0 saturated heterocycles. The molecule has 1 atom stereocenters. The van der Waals surface area contributed by atoms with Gasteiger partial charge in [0.2, 0.25) is 0 Å². The van der Waals surface area contributed by atoms with E-state index in [4.69, 9.17) is 14.2 Å². The van der Waals surface area contributed by atoms with Crippen molar-refractivity contribution >= 4 is 17.9 Å². The van der Waals surface area contributed by atoms with Crippen molar-refractivity contribution in [2.24, 2.45) is 0 Å². The maximum atomic E-state index is 12.8. The van der Waals surface area contributed by atoms with E-state index in [0.29, 0.717) is 19.3 Å². The molecule has 64 heavy (non-hydrogen) atoms. The minimum atomic E-state index is -0.812. The van der Waals surface area contributed by atoms with Gasteiger partial charge in [0.05, 0.1) is 0 Å². The number of allylic oxidation sites excluding steroid dienone is 16. The standard InChI is InChI=1S/C58H96O6/c1-4-7-10-13-16-19-22-25-28-29-31-33-36-39-42-45-48-51-57(60)63-54-55(53-62-56(59)50-47-44-41-38-35-32-27-24-21-18-15-12-9-6-3)64-58(61)52-49-46-43-40-37-34-30-26-23-20-17-14-11-8-5-2/h8,11,16-17,19-20,24-28,30-31,33,37,40,55H,4-7,9-10,12-15,18,21-23,29,32,34-36,38-39,41-54H2,1-3H3/b11-8-,19-16-,20-17-,27-24-,28-25-,30-26-,33-31-,40-37-/t55-/m1/s1. The maximum absolute atomic E-state index is 12.8. The van der Waals surface area contributed by atoms with Crippen molar-refractivity contribution < 1.29 is 28.6 Å². The lowest BCUT2D eigenvalue weighted by Gasteiger charge is -2.18. The van der Waals surface area contributed by atoms with Gasteiger partial charge in [-0.15, -0.1) is 0 Å². The summed E-state index contributed by atoms with van der Waals surface area (Å²) in [6.45, 7) is 6.42. The molecule has 0 radical (unpaired) electrons. The Labute approximate surface area is 394 Å². The molecular formula is C58H96O6. The second-order valence-corrected chi connectivity index (χ2v) is 17.0. The van der Waals surface area contributed by atoms with E-state index < -0.39 is 6.10 Å². The summed E-state index contributed by atoms with van der Waals surface area (Å²) >= 11 is 0. The third-order valence-electron chi connectivity index (χ3n) is 10.8. The van der Waals surface area contributed by atoms with Crippen molar-refractivity contribution in [2.75, 3.05) is 13.2 Å². The number of carbonyl (C=O) groups excluding carboxylic acids is 3. The fourth-order valence-electron chi connectivity index (χ4n) is 6.84. The molecule has 0 aliphatic rings. The Hall–Kier alpha value is -3.67. The van der Waals surface area contributed by atoms with Crippen LogP contribution in [0.2, 0.25) is 0 Å². The Kier molecular flexibility index (Phi) is 49.0. The van der Waals surface area contributed by atoms with Crippen LogP contribution in [-0.4, -0.2) is 37.2 Å². The van der Waals surface area contributed by atoms with E-state index in [-0.39, 0.29) is 37.5 Å². The fourth-order valence-corrected chi connectivity index (χ4v) is 6.84. The molecule has 0 amide bonds. The van der Waals surface area contributed by atoms with Gasteiger partial charge in [0.1, 0.15) is 13.2 Å². The van der Waals surface area contributed by atoms with Crippen LogP contribution < -0.4 is 0 Å². The van der Waals surface area contributed by atoms with Crippen molar-refractivity contribution in [1.29, 1.82) is 0 Å². The molecule has 0 spiro atoms. The molecule has 0 fully saturated rings. The smallest absolute Gasteiger partial charge is 0.306 e. The van der Waals surface area contributed by atoms with Crippen molar-refractivity contribution in [1.82, 2.24) is 0 Å². The number of hydrogen-bond acceptors (Lipinski definition) is 6. The minimum Gasteiger partial charge on any atom is -0.462 e. The molecule has 6 heteroatoms. The number of ether oxygens (including phenoxy) is 3. The van der Waals surface area contributed by atoms with E-state index in [0.717, 1.165) is 116 Å². The van der Waals surface area contributed by atoms with Gasteiger partial charge in [0.15, 0.2) is 6.10 Å². The van der Waals surface area contributed by atoms with Crippen molar-refractivity contribution in [3.8, 4) is 0 Å². The second-order valence-electron chi connectivity index (χ2n) is 17.0. The van der Waals surface area contributed by atoms with Crippen LogP contribution in [0.4, 0.5) is 0 Å². The van der Waals surface area contributed by atoms with Gasteiger partial charge in [0, 0.05) is 19.3 Å². The Bertz CT molecular complexity index is 1300. The monoisotopic (exact) mass is 889 g/mol. The van der Waals surface area contributed by atoms with Crippen LogP contribution >= 0.6 is 0 Å². The van der Waals surface area contributed by atoms with E-state index in [2.05, 4.69) is 118 Å². The number of rotatable bonds is 46. The first-order valence-electron chi connectivity index (χ1n) is 26.2. The topological polar surface area (TPSA) is 78.9 Å². The third kappa shape index (κ3) is 49.3. The Morgan fingerprint density at radius 2 is 0.609 bits per heavy atom. The fraction of sp³-hybridized carbons (Fsp3) is 0.672. The molecule has 0 aliphatic heterocycles. The molecule has 0 aromatic carbocycles. The average molecular weight is 889 g/mol. The molecule has 0 aromatic heterocycles. The van der Waals surface area contributed by atoms with Gasteiger partial charge in [-0.2, -0.15) is 0 Å². The number of hydrogen-bond donors (Lipinski definition) is 0. The second kappa shape index (κ2) is 52.0. The summed E-state index contributed by atoms with van der Waals surface area (Å²) in [6.07, 6.45) is 68.2.